The molecule has 0 aliphatic carbocycles. The van der Waals surface area contributed by atoms with Gasteiger partial charge in [-0.15, -0.1) is 0 Å². The normalized spacial score (nSPS) is 12.2. The Morgan fingerprint density at radius 1 is 1.04 bits per heavy atom. The second kappa shape index (κ2) is 7.33. The Hall–Kier alpha value is -2.27. The first-order valence-electron chi connectivity index (χ1n) is 7.50. The van der Waals surface area contributed by atoms with E-state index in [1.807, 2.05) is 61.5 Å². The van der Waals surface area contributed by atoms with E-state index < -0.39 is 10.8 Å². The average Bonchev–Trinajstić information content (AvgIpc) is 3.02. The maximum atomic E-state index is 12.2. The fourth-order valence-corrected chi connectivity index (χ4v) is 3.33. The van der Waals surface area contributed by atoms with Gasteiger partial charge in [0.1, 0.15) is 5.75 Å². The van der Waals surface area contributed by atoms with Crippen LogP contribution in [-0.4, -0.2) is 20.1 Å². The lowest BCUT2D eigenvalue weighted by molar-refractivity contribution is 0.390. The highest BCUT2D eigenvalue weighted by Crippen LogP contribution is 2.20. The molecule has 118 valence electrons. The maximum Gasteiger partial charge on any atom is 0.239 e. The second-order valence-electron chi connectivity index (χ2n) is 5.35. The van der Waals surface area contributed by atoms with E-state index >= 15 is 0 Å². The summed E-state index contributed by atoms with van der Waals surface area (Å²) in [5.41, 5.74) is 3.22. The first kappa shape index (κ1) is 15.6. The fraction of sp³-hybridized carbons (Fsp3) is 0.222. The average molecular weight is 326 g/mol. The molecule has 0 fully saturated rings. The van der Waals surface area contributed by atoms with Gasteiger partial charge in [-0.25, -0.2) is 0 Å². The van der Waals surface area contributed by atoms with E-state index in [-0.39, 0.29) is 0 Å². The van der Waals surface area contributed by atoms with Gasteiger partial charge in [-0.1, -0.05) is 59.8 Å². The molecule has 5 heteroatoms. The summed E-state index contributed by atoms with van der Waals surface area (Å²) in [5.74, 6) is 1.87. The van der Waals surface area contributed by atoms with E-state index in [4.69, 9.17) is 4.52 Å². The molecule has 1 aromatic heterocycles. The van der Waals surface area contributed by atoms with Crippen LogP contribution in [0.25, 0.3) is 11.4 Å². The summed E-state index contributed by atoms with van der Waals surface area (Å²) in [5, 5.41) is 4.00. The Morgan fingerprint density at radius 2 is 1.78 bits per heavy atom. The van der Waals surface area contributed by atoms with Crippen molar-refractivity contribution in [2.75, 3.05) is 5.75 Å². The summed E-state index contributed by atoms with van der Waals surface area (Å²) in [6.45, 7) is 2.00. The third-order valence-electron chi connectivity index (χ3n) is 3.60. The molecular formula is C18H18N2O2S. The van der Waals surface area contributed by atoms with Crippen LogP contribution in [0.4, 0.5) is 0 Å². The molecule has 23 heavy (non-hydrogen) atoms. The number of benzene rings is 2. The van der Waals surface area contributed by atoms with Crippen LogP contribution >= 0.6 is 0 Å². The molecule has 0 unspecified atom stereocenters. The highest BCUT2D eigenvalue weighted by atomic mass is 32.2. The lowest BCUT2D eigenvalue weighted by Gasteiger charge is -2.00. The summed E-state index contributed by atoms with van der Waals surface area (Å²) in [7, 11) is -1.02. The number of hydrogen-bond donors (Lipinski definition) is 0. The number of aryl methyl sites for hydroxylation is 2. The zero-order valence-electron chi connectivity index (χ0n) is 12.9. The molecule has 1 atom stereocenters. The Balaban J connectivity index is 1.61. The molecule has 3 rings (SSSR count). The van der Waals surface area contributed by atoms with E-state index in [9.17, 15) is 4.21 Å². The molecule has 0 saturated carbocycles. The van der Waals surface area contributed by atoms with Gasteiger partial charge in [0.15, 0.2) is 0 Å². The summed E-state index contributed by atoms with van der Waals surface area (Å²) < 4.78 is 17.4. The molecule has 0 aliphatic heterocycles. The first-order valence-corrected chi connectivity index (χ1v) is 8.98. The lowest BCUT2D eigenvalue weighted by Crippen LogP contribution is -2.04. The summed E-state index contributed by atoms with van der Waals surface area (Å²) in [6.07, 6.45) is 0.784. The van der Waals surface area contributed by atoms with E-state index in [1.165, 1.54) is 5.56 Å². The second-order valence-corrected chi connectivity index (χ2v) is 6.93. The number of hydrogen-bond acceptors (Lipinski definition) is 4. The van der Waals surface area contributed by atoms with Crippen LogP contribution in [0.5, 0.6) is 0 Å². The molecule has 4 nitrogen and oxygen atoms in total. The van der Waals surface area contributed by atoms with Gasteiger partial charge in [-0.05, 0) is 24.5 Å². The standard InChI is InChI=1S/C18H18N2O2S/c1-14-7-5-6-10-16(14)18-19-17(22-20-18)13-23(21)12-11-15-8-3-2-4-9-15/h2-10H,11-13H2,1H3/t23-/m0/s1. The minimum atomic E-state index is -1.02. The third kappa shape index (κ3) is 4.13. The third-order valence-corrected chi connectivity index (χ3v) is 4.83. The van der Waals surface area contributed by atoms with Crippen molar-refractivity contribution < 1.29 is 8.73 Å². The Bertz CT molecular complexity index is 800. The maximum absolute atomic E-state index is 12.2. The Kier molecular flexibility index (Phi) is 4.98. The summed E-state index contributed by atoms with van der Waals surface area (Å²) in [4.78, 5) is 4.37. The van der Waals surface area contributed by atoms with Crippen LogP contribution in [0.2, 0.25) is 0 Å². The van der Waals surface area contributed by atoms with Crippen molar-refractivity contribution in [3.05, 3.63) is 71.6 Å². The van der Waals surface area contributed by atoms with Crippen LogP contribution < -0.4 is 0 Å². The van der Waals surface area contributed by atoms with E-state index in [0.717, 1.165) is 17.5 Å². The quantitative estimate of drug-likeness (QED) is 0.695. The van der Waals surface area contributed by atoms with Crippen molar-refractivity contribution in [1.82, 2.24) is 10.1 Å². The fourth-order valence-electron chi connectivity index (χ4n) is 2.33. The van der Waals surface area contributed by atoms with Crippen molar-refractivity contribution in [2.45, 2.75) is 19.1 Å². The number of aromatic nitrogens is 2. The zero-order chi connectivity index (χ0) is 16.1. The van der Waals surface area contributed by atoms with Gasteiger partial charge in [0.05, 0.1) is 0 Å². The van der Waals surface area contributed by atoms with Crippen molar-refractivity contribution in [1.29, 1.82) is 0 Å². The predicted molar refractivity (Wildman–Crippen MR) is 91.3 cm³/mol. The highest BCUT2D eigenvalue weighted by molar-refractivity contribution is 7.84. The monoisotopic (exact) mass is 326 g/mol. The molecular weight excluding hydrogens is 308 g/mol. The summed E-state index contributed by atoms with van der Waals surface area (Å²) >= 11 is 0. The Morgan fingerprint density at radius 3 is 2.57 bits per heavy atom. The van der Waals surface area contributed by atoms with E-state index in [1.54, 1.807) is 0 Å². The topological polar surface area (TPSA) is 56.0 Å². The molecule has 1 heterocycles. The van der Waals surface area contributed by atoms with Crippen LogP contribution in [0.15, 0.2) is 59.1 Å². The SMILES string of the molecule is Cc1ccccc1-c1noc(C[S@@](=O)CCc2ccccc2)n1. The molecule has 0 radical (unpaired) electrons. The smallest absolute Gasteiger partial charge is 0.239 e. The number of nitrogens with zero attached hydrogens (tertiary/aromatic N) is 2. The van der Waals surface area contributed by atoms with Crippen LogP contribution in [0.1, 0.15) is 17.0 Å². The van der Waals surface area contributed by atoms with Gasteiger partial charge in [-0.3, -0.25) is 4.21 Å². The van der Waals surface area contributed by atoms with Gasteiger partial charge in [0.2, 0.25) is 11.7 Å². The van der Waals surface area contributed by atoms with Crippen LogP contribution in [0, 0.1) is 6.92 Å². The van der Waals surface area contributed by atoms with Crippen LogP contribution in [0.3, 0.4) is 0 Å². The minimum absolute atomic E-state index is 0.297. The van der Waals surface area contributed by atoms with Crippen molar-refractivity contribution in [3.8, 4) is 11.4 Å². The molecule has 0 bridgehead atoms. The van der Waals surface area contributed by atoms with Gasteiger partial charge >= 0.3 is 0 Å². The van der Waals surface area contributed by atoms with Gasteiger partial charge in [0, 0.05) is 22.1 Å². The van der Waals surface area contributed by atoms with Crippen LogP contribution in [-0.2, 0) is 23.0 Å². The Labute approximate surface area is 138 Å². The highest BCUT2D eigenvalue weighted by Gasteiger charge is 2.13. The zero-order valence-corrected chi connectivity index (χ0v) is 13.8. The van der Waals surface area contributed by atoms with Crippen molar-refractivity contribution in [3.63, 3.8) is 0 Å². The van der Waals surface area contributed by atoms with Gasteiger partial charge in [0.25, 0.3) is 0 Å². The molecule has 0 amide bonds. The van der Waals surface area contributed by atoms with Gasteiger partial charge < -0.3 is 4.52 Å². The van der Waals surface area contributed by atoms with Crippen molar-refractivity contribution in [2.24, 2.45) is 0 Å². The van der Waals surface area contributed by atoms with E-state index in [2.05, 4.69) is 10.1 Å². The largest absolute Gasteiger partial charge is 0.338 e. The molecule has 0 N–H and O–H groups in total. The molecule has 3 aromatic rings. The molecule has 2 aromatic carbocycles. The predicted octanol–water partition coefficient (Wildman–Crippen LogP) is 3.54. The summed E-state index contributed by atoms with van der Waals surface area (Å²) in [6, 6.07) is 17.9. The van der Waals surface area contributed by atoms with Gasteiger partial charge in [-0.2, -0.15) is 4.98 Å². The molecule has 0 spiro atoms. The van der Waals surface area contributed by atoms with E-state index in [0.29, 0.717) is 23.2 Å². The lowest BCUT2D eigenvalue weighted by atomic mass is 10.1. The molecule has 0 aliphatic rings. The molecule has 0 saturated heterocycles. The number of rotatable bonds is 6. The minimum Gasteiger partial charge on any atom is -0.338 e. The first-order chi connectivity index (χ1) is 11.2. The van der Waals surface area contributed by atoms with Crippen molar-refractivity contribution >= 4 is 10.8 Å².